The number of hydrogen-bond donors (Lipinski definition) is 0. The zero-order valence-corrected chi connectivity index (χ0v) is 3.63. The molecule has 0 unspecified atom stereocenters. The van der Waals surface area contributed by atoms with E-state index in [2.05, 4.69) is 5.10 Å². The van der Waals surface area contributed by atoms with Crippen molar-refractivity contribution in [3.8, 4) is 0 Å². The van der Waals surface area contributed by atoms with Gasteiger partial charge in [-0.05, 0) is 6.07 Å². The Bertz CT molecular complexity index is 112. The molecular formula is C3H5BN2. The molecule has 30 valence electrons. The van der Waals surface area contributed by atoms with Gasteiger partial charge in [-0.3, -0.25) is 0 Å². The summed E-state index contributed by atoms with van der Waals surface area (Å²) in [6.07, 6.45) is 3.64. The lowest BCUT2D eigenvalue weighted by Gasteiger charge is -1.77. The van der Waals surface area contributed by atoms with Crippen LogP contribution >= 0.6 is 0 Å². The maximum Gasteiger partial charge on any atom is 0.248 e. The number of hydrogen-bond acceptors (Lipinski definition) is 1. The fraction of sp³-hybridized carbons (Fsp3) is 0. The molecule has 0 aliphatic carbocycles. The maximum absolute atomic E-state index is 3.83. The summed E-state index contributed by atoms with van der Waals surface area (Å²) >= 11 is 0. The summed E-state index contributed by atoms with van der Waals surface area (Å²) in [5, 5.41) is 3.83. The molecule has 0 saturated heterocycles. The molecule has 0 aliphatic heterocycles. The van der Waals surface area contributed by atoms with Crippen LogP contribution in [0.3, 0.4) is 0 Å². The van der Waals surface area contributed by atoms with Gasteiger partial charge in [0.05, 0.1) is 0 Å². The summed E-state index contributed by atoms with van der Waals surface area (Å²) in [4.78, 5) is 0. The minimum Gasteiger partial charge on any atom is -0.326 e. The maximum atomic E-state index is 3.83. The first-order valence-corrected chi connectivity index (χ1v) is 1.83. The van der Waals surface area contributed by atoms with Gasteiger partial charge in [-0.15, -0.1) is 0 Å². The molecule has 0 aliphatic rings. The van der Waals surface area contributed by atoms with Gasteiger partial charge < -0.3 is 4.59 Å². The molecule has 0 radical (unpaired) electrons. The van der Waals surface area contributed by atoms with Crippen LogP contribution in [0.5, 0.6) is 0 Å². The fourth-order valence-corrected chi connectivity index (χ4v) is 0.345. The smallest absolute Gasteiger partial charge is 0.248 e. The minimum absolute atomic E-state index is 1.75. The van der Waals surface area contributed by atoms with Crippen molar-refractivity contribution in [2.75, 3.05) is 0 Å². The lowest BCUT2D eigenvalue weighted by Crippen LogP contribution is -1.87. The van der Waals surface area contributed by atoms with E-state index in [9.17, 15) is 0 Å². The molecule has 1 aromatic rings. The third-order valence-electron chi connectivity index (χ3n) is 0.637. The molecule has 0 saturated carbocycles. The molecule has 1 aromatic heterocycles. The third-order valence-corrected chi connectivity index (χ3v) is 0.637. The van der Waals surface area contributed by atoms with Crippen molar-refractivity contribution < 1.29 is 0 Å². The Kier molecular flexibility index (Phi) is 0.672. The summed E-state index contributed by atoms with van der Waals surface area (Å²) in [6.45, 7) is 0. The Balaban J connectivity index is 3.05. The molecule has 1 heterocycles. The lowest BCUT2D eigenvalue weighted by molar-refractivity contribution is 0.992. The van der Waals surface area contributed by atoms with Crippen LogP contribution < -0.4 is 0 Å². The highest BCUT2D eigenvalue weighted by molar-refractivity contribution is 6.05. The van der Waals surface area contributed by atoms with Gasteiger partial charge in [-0.1, -0.05) is 0 Å². The van der Waals surface area contributed by atoms with Crippen LogP contribution in [0, 0.1) is 0 Å². The number of nitrogens with zero attached hydrogens (tertiary/aromatic N) is 2. The van der Waals surface area contributed by atoms with Gasteiger partial charge in [0.1, 0.15) is 0 Å². The molecule has 0 spiro atoms. The van der Waals surface area contributed by atoms with E-state index >= 15 is 0 Å². The summed E-state index contributed by atoms with van der Waals surface area (Å²) in [5.41, 5.74) is 0. The van der Waals surface area contributed by atoms with E-state index in [1.54, 1.807) is 10.8 Å². The van der Waals surface area contributed by atoms with Crippen molar-refractivity contribution in [3.63, 3.8) is 0 Å². The molecule has 0 bridgehead atoms. The van der Waals surface area contributed by atoms with Crippen LogP contribution in [0.4, 0.5) is 0 Å². The molecule has 0 atom stereocenters. The highest BCUT2D eigenvalue weighted by Crippen LogP contribution is 1.72. The van der Waals surface area contributed by atoms with Crippen molar-refractivity contribution in [2.24, 2.45) is 0 Å². The van der Waals surface area contributed by atoms with Gasteiger partial charge in [0, 0.05) is 12.4 Å². The normalized spacial score (nSPS) is 8.67. The van der Waals surface area contributed by atoms with E-state index in [4.69, 9.17) is 0 Å². The quantitative estimate of drug-likeness (QED) is 0.376. The van der Waals surface area contributed by atoms with Crippen LogP contribution in [0.15, 0.2) is 18.5 Å². The van der Waals surface area contributed by atoms with Crippen molar-refractivity contribution in [1.82, 2.24) is 9.69 Å². The van der Waals surface area contributed by atoms with Crippen LogP contribution in [0.2, 0.25) is 0 Å². The Hall–Kier alpha value is -0.725. The Morgan fingerprint density at radius 1 is 1.67 bits per heavy atom. The van der Waals surface area contributed by atoms with E-state index in [1.165, 1.54) is 0 Å². The van der Waals surface area contributed by atoms with Gasteiger partial charge in [0.2, 0.25) is 7.98 Å². The standard InChI is InChI=1S/C3H5BN2/c4-6-3-1-2-5-6/h1-3H,4H2. The van der Waals surface area contributed by atoms with Crippen molar-refractivity contribution in [1.29, 1.82) is 0 Å². The van der Waals surface area contributed by atoms with Gasteiger partial charge in [-0.25, -0.2) is 0 Å². The molecule has 3 heteroatoms. The lowest BCUT2D eigenvalue weighted by atomic mass is 10.5. The number of aromatic nitrogens is 2. The van der Waals surface area contributed by atoms with Gasteiger partial charge >= 0.3 is 0 Å². The first-order chi connectivity index (χ1) is 2.89. The minimum atomic E-state index is 1.75. The Morgan fingerprint density at radius 3 is 2.67 bits per heavy atom. The average molecular weight is 79.9 g/mol. The van der Waals surface area contributed by atoms with E-state index < -0.39 is 0 Å². The largest absolute Gasteiger partial charge is 0.326 e. The second kappa shape index (κ2) is 1.16. The van der Waals surface area contributed by atoms with E-state index in [1.807, 2.05) is 20.2 Å². The second-order valence-corrected chi connectivity index (χ2v) is 1.18. The van der Waals surface area contributed by atoms with Crippen LogP contribution in [0.25, 0.3) is 0 Å². The topological polar surface area (TPSA) is 17.8 Å². The molecule has 0 N–H and O–H groups in total. The predicted octanol–water partition coefficient (Wildman–Crippen LogP) is -0.721. The predicted molar refractivity (Wildman–Crippen MR) is 26.2 cm³/mol. The molecule has 0 aromatic carbocycles. The average Bonchev–Trinajstić information content (AvgIpc) is 1.86. The highest BCUT2D eigenvalue weighted by Gasteiger charge is 1.69. The monoisotopic (exact) mass is 80.1 g/mol. The Labute approximate surface area is 37.2 Å². The Morgan fingerprint density at radius 2 is 2.50 bits per heavy atom. The van der Waals surface area contributed by atoms with E-state index in [-0.39, 0.29) is 0 Å². The van der Waals surface area contributed by atoms with Crippen molar-refractivity contribution in [3.05, 3.63) is 18.5 Å². The van der Waals surface area contributed by atoms with E-state index in [0.717, 1.165) is 0 Å². The first-order valence-electron chi connectivity index (χ1n) is 1.83. The molecule has 2 nitrogen and oxygen atoms in total. The fourth-order valence-electron chi connectivity index (χ4n) is 0.345. The summed E-state index contributed by atoms with van der Waals surface area (Å²) in [5.74, 6) is 0. The zero-order chi connectivity index (χ0) is 4.41. The van der Waals surface area contributed by atoms with Gasteiger partial charge in [0.15, 0.2) is 0 Å². The molecule has 0 fully saturated rings. The van der Waals surface area contributed by atoms with Crippen LogP contribution in [0.1, 0.15) is 0 Å². The molecular weight excluding hydrogens is 74.9 g/mol. The highest BCUT2D eigenvalue weighted by atomic mass is 15.2. The SMILES string of the molecule is Bn1cccn1. The van der Waals surface area contributed by atoms with Crippen molar-refractivity contribution >= 4 is 7.98 Å². The molecule has 6 heavy (non-hydrogen) atoms. The van der Waals surface area contributed by atoms with Crippen LogP contribution in [-0.2, 0) is 0 Å². The van der Waals surface area contributed by atoms with Crippen molar-refractivity contribution in [2.45, 2.75) is 0 Å². The summed E-state index contributed by atoms with van der Waals surface area (Å²) < 4.78 is 1.75. The van der Waals surface area contributed by atoms with Gasteiger partial charge in [-0.2, -0.15) is 5.10 Å². The summed E-state index contributed by atoms with van der Waals surface area (Å²) in [6, 6.07) is 1.89. The van der Waals surface area contributed by atoms with Crippen LogP contribution in [-0.4, -0.2) is 17.7 Å². The zero-order valence-electron chi connectivity index (χ0n) is 3.63. The molecule has 0 amide bonds. The third kappa shape index (κ3) is 0.430. The molecule has 1 rings (SSSR count). The first kappa shape index (κ1) is 3.46. The van der Waals surface area contributed by atoms with E-state index in [0.29, 0.717) is 0 Å². The van der Waals surface area contributed by atoms with Gasteiger partial charge in [0.25, 0.3) is 0 Å². The number of rotatable bonds is 0. The summed E-state index contributed by atoms with van der Waals surface area (Å²) in [7, 11) is 1.89. The second-order valence-electron chi connectivity index (χ2n) is 1.18.